The third-order valence-electron chi connectivity index (χ3n) is 9.43. The molecule has 0 aromatic heterocycles. The second kappa shape index (κ2) is 12.1. The highest BCUT2D eigenvalue weighted by atomic mass is 16.6. The number of carbonyl (C=O) groups is 1. The molecule has 0 spiro atoms. The van der Waals surface area contributed by atoms with Gasteiger partial charge in [-0.25, -0.2) is 0 Å². The average Bonchev–Trinajstić information content (AvgIpc) is 3.34. The number of benzene rings is 2. The summed E-state index contributed by atoms with van der Waals surface area (Å²) in [4.78, 5) is 11.3. The number of hydrogen-bond donors (Lipinski definition) is 1. The van der Waals surface area contributed by atoms with Crippen molar-refractivity contribution in [2.75, 3.05) is 6.61 Å². The lowest BCUT2D eigenvalue weighted by molar-refractivity contribution is -0.136. The molecule has 0 radical (unpaired) electrons. The quantitative estimate of drug-likeness (QED) is 0.307. The Balaban J connectivity index is 1.49. The summed E-state index contributed by atoms with van der Waals surface area (Å²) in [5.74, 6) is 1.18. The molecule has 2 aromatic rings. The van der Waals surface area contributed by atoms with Crippen molar-refractivity contribution in [3.05, 3.63) is 76.1 Å². The number of rotatable bonds is 11. The third-order valence-corrected chi connectivity index (χ3v) is 9.43. The van der Waals surface area contributed by atoms with Crippen LogP contribution in [0.1, 0.15) is 106 Å². The maximum Gasteiger partial charge on any atom is 0.314 e. The fourth-order valence-corrected chi connectivity index (χ4v) is 6.61. The molecular weight excluding hydrogens is 472 g/mol. The zero-order valence-corrected chi connectivity index (χ0v) is 24.1. The van der Waals surface area contributed by atoms with Crippen LogP contribution in [0.15, 0.2) is 48.2 Å². The topological polar surface area (TPSA) is 55.8 Å². The van der Waals surface area contributed by atoms with Gasteiger partial charge in [0.25, 0.3) is 0 Å². The van der Waals surface area contributed by atoms with Gasteiger partial charge in [-0.2, -0.15) is 0 Å². The molecule has 0 saturated heterocycles. The number of carbonyl (C=O) groups excluding carboxylic acids is 1. The smallest absolute Gasteiger partial charge is 0.314 e. The normalized spacial score (nSPS) is 18.2. The van der Waals surface area contributed by atoms with Crippen LogP contribution in [0.2, 0.25) is 0 Å². The van der Waals surface area contributed by atoms with E-state index in [0.29, 0.717) is 12.2 Å². The molecule has 206 valence electrons. The standard InChI is InChI=1S/C34H46O4/c1-6-34(7-2,28-14-16-30(25(4)22-28)37-23-29-15-18-32(36)38-29)27-13-11-26(24(3)21-27)12-17-31(35)33(5)19-9-8-10-20-33/h11,13-16,21-22,31,35H,6-10,12,17-20,23H2,1-5H3. The summed E-state index contributed by atoms with van der Waals surface area (Å²) in [5, 5.41) is 11.0. The maximum atomic E-state index is 11.3. The highest BCUT2D eigenvalue weighted by molar-refractivity contribution is 5.75. The summed E-state index contributed by atoms with van der Waals surface area (Å²) in [6.07, 6.45) is 11.7. The van der Waals surface area contributed by atoms with Gasteiger partial charge in [0.2, 0.25) is 0 Å². The first-order valence-corrected chi connectivity index (χ1v) is 14.6. The lowest BCUT2D eigenvalue weighted by atomic mass is 9.69. The molecule has 2 aromatic carbocycles. The van der Waals surface area contributed by atoms with Gasteiger partial charge in [-0.3, -0.25) is 4.79 Å². The third kappa shape index (κ3) is 6.01. The van der Waals surface area contributed by atoms with Gasteiger partial charge in [-0.05, 0) is 97.7 Å². The number of ether oxygens (including phenoxy) is 2. The Morgan fingerprint density at radius 3 is 2.24 bits per heavy atom. The Labute approximate surface area is 229 Å². The van der Waals surface area contributed by atoms with E-state index in [9.17, 15) is 9.90 Å². The molecule has 1 atom stereocenters. The first-order chi connectivity index (χ1) is 18.2. The molecule has 38 heavy (non-hydrogen) atoms. The molecule has 0 amide bonds. The Kier molecular flexibility index (Phi) is 9.03. The summed E-state index contributed by atoms with van der Waals surface area (Å²) >= 11 is 0. The molecule has 1 unspecified atom stereocenters. The molecular formula is C34H46O4. The minimum Gasteiger partial charge on any atom is -0.485 e. The van der Waals surface area contributed by atoms with Crippen molar-refractivity contribution in [1.82, 2.24) is 0 Å². The van der Waals surface area contributed by atoms with Gasteiger partial charge in [0.15, 0.2) is 0 Å². The molecule has 4 rings (SSSR count). The molecule has 4 heteroatoms. The molecule has 4 nitrogen and oxygen atoms in total. The number of aryl methyl sites for hydroxylation is 3. The van der Waals surface area contributed by atoms with Crippen LogP contribution in [-0.2, 0) is 21.4 Å². The predicted molar refractivity (Wildman–Crippen MR) is 154 cm³/mol. The van der Waals surface area contributed by atoms with Crippen molar-refractivity contribution in [2.45, 2.75) is 110 Å². The lowest BCUT2D eigenvalue weighted by Gasteiger charge is -2.38. The van der Waals surface area contributed by atoms with E-state index in [4.69, 9.17) is 9.47 Å². The van der Waals surface area contributed by atoms with Gasteiger partial charge in [-0.15, -0.1) is 0 Å². The second-order valence-corrected chi connectivity index (χ2v) is 11.8. The monoisotopic (exact) mass is 518 g/mol. The van der Waals surface area contributed by atoms with Crippen LogP contribution in [0.5, 0.6) is 5.75 Å². The van der Waals surface area contributed by atoms with E-state index in [-0.39, 0.29) is 29.5 Å². The van der Waals surface area contributed by atoms with Crippen molar-refractivity contribution >= 4 is 5.97 Å². The van der Waals surface area contributed by atoms with Crippen LogP contribution >= 0.6 is 0 Å². The van der Waals surface area contributed by atoms with Crippen molar-refractivity contribution in [1.29, 1.82) is 0 Å². The molecule has 1 heterocycles. The van der Waals surface area contributed by atoms with Crippen molar-refractivity contribution in [2.24, 2.45) is 5.41 Å². The van der Waals surface area contributed by atoms with Gasteiger partial charge >= 0.3 is 5.97 Å². The Bertz CT molecular complexity index is 1150. The summed E-state index contributed by atoms with van der Waals surface area (Å²) < 4.78 is 11.1. The highest BCUT2D eigenvalue weighted by Gasteiger charge is 2.34. The van der Waals surface area contributed by atoms with Crippen LogP contribution in [-0.4, -0.2) is 23.8 Å². The summed E-state index contributed by atoms with van der Waals surface area (Å²) in [7, 11) is 0. The van der Waals surface area contributed by atoms with Crippen LogP contribution in [0.25, 0.3) is 0 Å². The average molecular weight is 519 g/mol. The molecule has 2 aliphatic rings. The summed E-state index contributed by atoms with van der Waals surface area (Å²) in [5.41, 5.74) is 6.38. The zero-order valence-electron chi connectivity index (χ0n) is 24.1. The van der Waals surface area contributed by atoms with Crippen LogP contribution in [0.3, 0.4) is 0 Å². The largest absolute Gasteiger partial charge is 0.485 e. The van der Waals surface area contributed by atoms with E-state index < -0.39 is 0 Å². The number of aliphatic hydroxyl groups is 1. The number of esters is 1. The van der Waals surface area contributed by atoms with Crippen LogP contribution < -0.4 is 4.74 Å². The van der Waals surface area contributed by atoms with Crippen molar-refractivity contribution in [3.8, 4) is 5.75 Å². The molecule has 1 aliphatic heterocycles. The van der Waals surface area contributed by atoms with Gasteiger partial charge in [-0.1, -0.05) is 70.4 Å². The van der Waals surface area contributed by atoms with Crippen LogP contribution in [0, 0.1) is 19.3 Å². The summed E-state index contributed by atoms with van der Waals surface area (Å²) in [6, 6.07) is 13.5. The fourth-order valence-electron chi connectivity index (χ4n) is 6.61. The van der Waals surface area contributed by atoms with E-state index in [2.05, 4.69) is 71.0 Å². The highest BCUT2D eigenvalue weighted by Crippen LogP contribution is 2.42. The van der Waals surface area contributed by atoms with E-state index in [0.717, 1.165) is 49.8 Å². The zero-order chi connectivity index (χ0) is 27.3. The Morgan fingerprint density at radius 2 is 1.66 bits per heavy atom. The number of aliphatic hydroxyl groups excluding tert-OH is 1. The molecule has 1 fully saturated rings. The molecule has 0 bridgehead atoms. The van der Waals surface area contributed by atoms with E-state index in [1.165, 1.54) is 41.5 Å². The van der Waals surface area contributed by atoms with Crippen molar-refractivity contribution < 1.29 is 19.4 Å². The maximum absolute atomic E-state index is 11.3. The first kappa shape index (κ1) is 28.4. The predicted octanol–water partition coefficient (Wildman–Crippen LogP) is 7.88. The van der Waals surface area contributed by atoms with E-state index >= 15 is 0 Å². The minimum absolute atomic E-state index is 0.0782. The second-order valence-electron chi connectivity index (χ2n) is 11.8. The Morgan fingerprint density at radius 1 is 1.00 bits per heavy atom. The van der Waals surface area contributed by atoms with Gasteiger partial charge < -0.3 is 14.6 Å². The number of hydrogen-bond acceptors (Lipinski definition) is 4. The van der Waals surface area contributed by atoms with Gasteiger partial charge in [0, 0.05) is 5.41 Å². The van der Waals surface area contributed by atoms with E-state index in [1.807, 2.05) is 0 Å². The van der Waals surface area contributed by atoms with E-state index in [1.54, 1.807) is 6.08 Å². The lowest BCUT2D eigenvalue weighted by Crippen LogP contribution is -2.34. The Hall–Kier alpha value is -2.59. The number of cyclic esters (lactones) is 1. The SMILES string of the molecule is CCC(CC)(c1ccc(CCC(O)C2(C)CCCCC2)c(C)c1)c1ccc(OCC2=CCC(=O)O2)c(C)c1. The summed E-state index contributed by atoms with van der Waals surface area (Å²) in [6.45, 7) is 11.4. The van der Waals surface area contributed by atoms with Gasteiger partial charge in [0.05, 0.1) is 12.5 Å². The van der Waals surface area contributed by atoms with Gasteiger partial charge in [0.1, 0.15) is 18.1 Å². The molecule has 1 aliphatic carbocycles. The van der Waals surface area contributed by atoms with Crippen LogP contribution in [0.4, 0.5) is 0 Å². The van der Waals surface area contributed by atoms with Crippen molar-refractivity contribution in [3.63, 3.8) is 0 Å². The molecule has 1 N–H and O–H groups in total. The molecule has 1 saturated carbocycles. The minimum atomic E-state index is -0.229. The fraction of sp³-hybridized carbons (Fsp3) is 0.559. The first-order valence-electron chi connectivity index (χ1n) is 14.6.